The van der Waals surface area contributed by atoms with Crippen LogP contribution in [0.5, 0.6) is 0 Å². The van der Waals surface area contributed by atoms with E-state index in [1.165, 1.54) is 9.80 Å². The van der Waals surface area contributed by atoms with Crippen LogP contribution in [-0.2, 0) is 19.2 Å². The highest BCUT2D eigenvalue weighted by Gasteiger charge is 2.40. The SMILES string of the molecule is NCCCC[C@H](N)C(=O)N1CCC[C@H]1C(=O)N[C@@H](CCCN=C(N)N)C(=O)N1CCC[C@H]1C(=O)O. The highest BCUT2D eigenvalue weighted by molar-refractivity contribution is 5.94. The summed E-state index contributed by atoms with van der Waals surface area (Å²) in [6, 6.07) is -3.32. The van der Waals surface area contributed by atoms with Crippen molar-refractivity contribution in [2.24, 2.45) is 27.9 Å². The van der Waals surface area contributed by atoms with Gasteiger partial charge >= 0.3 is 5.97 Å². The number of unbranched alkanes of at least 4 members (excludes halogenated alkanes) is 1. The summed E-state index contributed by atoms with van der Waals surface area (Å²) in [6.07, 6.45) is 4.65. The monoisotopic (exact) mass is 496 g/mol. The van der Waals surface area contributed by atoms with Crippen LogP contribution in [0.4, 0.5) is 0 Å². The molecular weight excluding hydrogens is 456 g/mol. The number of carboxylic acids is 1. The van der Waals surface area contributed by atoms with Gasteiger partial charge in [-0.25, -0.2) is 4.79 Å². The zero-order chi connectivity index (χ0) is 26.0. The molecule has 10 N–H and O–H groups in total. The molecule has 0 aromatic carbocycles. The first-order valence-electron chi connectivity index (χ1n) is 12.3. The number of nitrogens with zero attached hydrogens (tertiary/aromatic N) is 3. The zero-order valence-corrected chi connectivity index (χ0v) is 20.2. The van der Waals surface area contributed by atoms with Crippen molar-refractivity contribution in [1.29, 1.82) is 0 Å². The molecule has 0 bridgehead atoms. The van der Waals surface area contributed by atoms with E-state index in [-0.39, 0.29) is 24.8 Å². The molecule has 13 nitrogen and oxygen atoms in total. The van der Waals surface area contributed by atoms with Crippen molar-refractivity contribution in [2.45, 2.75) is 82.0 Å². The number of carbonyl (C=O) groups is 4. The van der Waals surface area contributed by atoms with Crippen molar-refractivity contribution in [3.05, 3.63) is 0 Å². The van der Waals surface area contributed by atoms with E-state index in [9.17, 15) is 24.3 Å². The number of guanidine groups is 1. The van der Waals surface area contributed by atoms with E-state index in [1.54, 1.807) is 0 Å². The summed E-state index contributed by atoms with van der Waals surface area (Å²) < 4.78 is 0. The van der Waals surface area contributed by atoms with Crippen LogP contribution >= 0.6 is 0 Å². The molecule has 0 aromatic heterocycles. The Morgan fingerprint density at radius 1 is 0.943 bits per heavy atom. The molecular formula is C22H40N8O5. The van der Waals surface area contributed by atoms with Gasteiger partial charge in [-0.05, 0) is 57.9 Å². The van der Waals surface area contributed by atoms with Gasteiger partial charge in [-0.3, -0.25) is 19.4 Å². The number of likely N-dealkylation sites (tertiary alicyclic amines) is 2. The predicted octanol–water partition coefficient (Wildman–Crippen LogP) is -1.95. The van der Waals surface area contributed by atoms with Crippen molar-refractivity contribution in [2.75, 3.05) is 26.2 Å². The molecule has 0 radical (unpaired) electrons. The van der Waals surface area contributed by atoms with Crippen LogP contribution in [-0.4, -0.2) is 94.9 Å². The van der Waals surface area contributed by atoms with Crippen LogP contribution in [0.2, 0.25) is 0 Å². The van der Waals surface area contributed by atoms with Crippen molar-refractivity contribution in [1.82, 2.24) is 15.1 Å². The largest absolute Gasteiger partial charge is 0.480 e. The molecule has 4 atom stereocenters. The van der Waals surface area contributed by atoms with Crippen LogP contribution < -0.4 is 28.3 Å². The first-order chi connectivity index (χ1) is 16.7. The number of carbonyl (C=O) groups excluding carboxylic acids is 3. The third-order valence-corrected chi connectivity index (χ3v) is 6.51. The number of carboxylic acid groups (broad SMARTS) is 1. The van der Waals surface area contributed by atoms with Gasteiger partial charge in [0.05, 0.1) is 6.04 Å². The molecule has 0 saturated carbocycles. The second-order valence-corrected chi connectivity index (χ2v) is 9.12. The number of aliphatic carboxylic acids is 1. The second kappa shape index (κ2) is 13.8. The molecule has 35 heavy (non-hydrogen) atoms. The lowest BCUT2D eigenvalue weighted by Crippen LogP contribution is -2.56. The minimum atomic E-state index is -1.07. The fourth-order valence-electron chi connectivity index (χ4n) is 4.66. The van der Waals surface area contributed by atoms with Gasteiger partial charge in [-0.2, -0.15) is 0 Å². The summed E-state index contributed by atoms with van der Waals surface area (Å²) in [5.74, 6) is -2.35. The number of nitrogens with two attached hydrogens (primary N) is 4. The Kier molecular flexibility index (Phi) is 11.2. The third-order valence-electron chi connectivity index (χ3n) is 6.51. The molecule has 0 aliphatic carbocycles. The molecule has 2 fully saturated rings. The van der Waals surface area contributed by atoms with Crippen LogP contribution in [0.25, 0.3) is 0 Å². The standard InChI is InChI=1S/C22H40N8O5/c23-10-2-1-6-14(24)19(32)29-12-4-8-16(29)18(31)28-15(7-3-11-27-22(25)26)20(33)30-13-5-9-17(30)21(34)35/h14-17H,1-13,23-24H2,(H,28,31)(H,34,35)(H4,25,26,27)/t14-,15-,16-,17-/m0/s1. The van der Waals surface area contributed by atoms with Crippen molar-refractivity contribution in [3.63, 3.8) is 0 Å². The first-order valence-corrected chi connectivity index (χ1v) is 12.3. The van der Waals surface area contributed by atoms with Crippen molar-refractivity contribution < 1.29 is 24.3 Å². The Morgan fingerprint density at radius 3 is 2.17 bits per heavy atom. The second-order valence-electron chi connectivity index (χ2n) is 9.12. The molecule has 13 heteroatoms. The van der Waals surface area contributed by atoms with Gasteiger partial charge in [0.2, 0.25) is 17.7 Å². The van der Waals surface area contributed by atoms with Gasteiger partial charge in [0, 0.05) is 19.6 Å². The number of hydrogen-bond acceptors (Lipinski definition) is 7. The van der Waals surface area contributed by atoms with E-state index >= 15 is 0 Å². The molecule has 2 aliphatic heterocycles. The molecule has 2 aliphatic rings. The maximum Gasteiger partial charge on any atom is 0.326 e. The number of hydrogen-bond donors (Lipinski definition) is 6. The minimum Gasteiger partial charge on any atom is -0.480 e. The molecule has 3 amide bonds. The Morgan fingerprint density at radius 2 is 1.57 bits per heavy atom. The topological polar surface area (TPSA) is 223 Å². The van der Waals surface area contributed by atoms with Crippen LogP contribution in [0.3, 0.4) is 0 Å². The van der Waals surface area contributed by atoms with E-state index < -0.39 is 42.0 Å². The van der Waals surface area contributed by atoms with Gasteiger partial charge in [-0.15, -0.1) is 0 Å². The quantitative estimate of drug-likeness (QED) is 0.0945. The smallest absolute Gasteiger partial charge is 0.326 e. The maximum atomic E-state index is 13.3. The highest BCUT2D eigenvalue weighted by Crippen LogP contribution is 2.22. The molecule has 0 spiro atoms. The van der Waals surface area contributed by atoms with Gasteiger partial charge < -0.3 is 43.2 Å². The van der Waals surface area contributed by atoms with Crippen LogP contribution in [0.15, 0.2) is 4.99 Å². The number of amides is 3. The number of nitrogens with one attached hydrogen (secondary N) is 1. The molecule has 2 heterocycles. The molecule has 2 saturated heterocycles. The Balaban J connectivity index is 2.09. The third kappa shape index (κ3) is 8.06. The molecule has 0 unspecified atom stereocenters. The predicted molar refractivity (Wildman–Crippen MR) is 130 cm³/mol. The first kappa shape index (κ1) is 28.3. The molecule has 0 aromatic rings. The fourth-order valence-corrected chi connectivity index (χ4v) is 4.66. The van der Waals surface area contributed by atoms with Crippen LogP contribution in [0.1, 0.15) is 57.8 Å². The maximum absolute atomic E-state index is 13.3. The Hall–Kier alpha value is -2.93. The summed E-state index contributed by atoms with van der Waals surface area (Å²) in [5, 5.41) is 12.3. The lowest BCUT2D eigenvalue weighted by molar-refractivity contribution is -0.150. The fraction of sp³-hybridized carbons (Fsp3) is 0.773. The van der Waals surface area contributed by atoms with E-state index in [4.69, 9.17) is 22.9 Å². The molecule has 198 valence electrons. The lowest BCUT2D eigenvalue weighted by atomic mass is 10.1. The van der Waals surface area contributed by atoms with E-state index in [1.807, 2.05) is 0 Å². The zero-order valence-electron chi connectivity index (χ0n) is 20.2. The van der Waals surface area contributed by atoms with E-state index in [2.05, 4.69) is 10.3 Å². The average molecular weight is 497 g/mol. The van der Waals surface area contributed by atoms with Gasteiger partial charge in [0.1, 0.15) is 18.1 Å². The summed E-state index contributed by atoms with van der Waals surface area (Å²) in [6.45, 7) is 1.50. The van der Waals surface area contributed by atoms with Crippen molar-refractivity contribution >= 4 is 29.7 Å². The molecule has 2 rings (SSSR count). The summed E-state index contributed by atoms with van der Waals surface area (Å²) in [4.78, 5) is 57.6. The lowest BCUT2D eigenvalue weighted by Gasteiger charge is -2.30. The van der Waals surface area contributed by atoms with Crippen molar-refractivity contribution in [3.8, 4) is 0 Å². The van der Waals surface area contributed by atoms with E-state index in [0.717, 1.165) is 12.8 Å². The Bertz CT molecular complexity index is 788. The number of rotatable bonds is 13. The number of aliphatic imine (C=N–C) groups is 1. The average Bonchev–Trinajstić information content (AvgIpc) is 3.50. The van der Waals surface area contributed by atoms with Gasteiger partial charge in [0.15, 0.2) is 5.96 Å². The minimum absolute atomic E-state index is 0.0784. The highest BCUT2D eigenvalue weighted by atomic mass is 16.4. The normalized spacial score (nSPS) is 21.4. The summed E-state index contributed by atoms with van der Waals surface area (Å²) >= 11 is 0. The van der Waals surface area contributed by atoms with Crippen LogP contribution in [0, 0.1) is 0 Å². The van der Waals surface area contributed by atoms with Gasteiger partial charge in [0.25, 0.3) is 0 Å². The summed E-state index contributed by atoms with van der Waals surface area (Å²) in [7, 11) is 0. The summed E-state index contributed by atoms with van der Waals surface area (Å²) in [5.41, 5.74) is 22.3. The van der Waals surface area contributed by atoms with E-state index in [0.29, 0.717) is 58.2 Å². The Labute approximate surface area is 205 Å². The van der Waals surface area contributed by atoms with Gasteiger partial charge in [-0.1, -0.05) is 6.42 Å².